The van der Waals surface area contributed by atoms with Crippen molar-refractivity contribution in [1.82, 2.24) is 0 Å². The number of benzene rings is 1. The van der Waals surface area contributed by atoms with Crippen LogP contribution in [0.1, 0.15) is 19.8 Å². The molecule has 0 saturated carbocycles. The van der Waals surface area contributed by atoms with Gasteiger partial charge in [-0.25, -0.2) is 4.39 Å². The fraction of sp³-hybridized carbons (Fsp3) is 0.500. The van der Waals surface area contributed by atoms with Crippen molar-refractivity contribution < 1.29 is 9.13 Å². The summed E-state index contributed by atoms with van der Waals surface area (Å²) in [4.78, 5) is 0. The third-order valence-electron chi connectivity index (χ3n) is 2.72. The summed E-state index contributed by atoms with van der Waals surface area (Å²) in [5, 5.41) is 3.55. The molecule has 2 nitrogen and oxygen atoms in total. The quantitative estimate of drug-likeness (QED) is 0.878. The van der Waals surface area contributed by atoms with Gasteiger partial charge in [-0.15, -0.1) is 0 Å². The lowest BCUT2D eigenvalue weighted by Crippen LogP contribution is -2.19. The summed E-state index contributed by atoms with van der Waals surface area (Å²) in [6.07, 6.45) is 2.70. The van der Waals surface area contributed by atoms with E-state index in [2.05, 4.69) is 12.2 Å². The molecule has 2 unspecified atom stereocenters. The number of anilines is 1. The second kappa shape index (κ2) is 5.02. The van der Waals surface area contributed by atoms with Crippen LogP contribution >= 0.6 is 11.6 Å². The van der Waals surface area contributed by atoms with Gasteiger partial charge in [-0.05, 0) is 38.0 Å². The fourth-order valence-corrected chi connectivity index (χ4v) is 2.14. The molecule has 0 radical (unpaired) electrons. The van der Waals surface area contributed by atoms with E-state index in [4.69, 9.17) is 16.3 Å². The van der Waals surface area contributed by atoms with Crippen molar-refractivity contribution in [3.8, 4) is 0 Å². The van der Waals surface area contributed by atoms with Gasteiger partial charge in [0.1, 0.15) is 5.82 Å². The van der Waals surface area contributed by atoms with E-state index in [1.54, 1.807) is 6.07 Å². The zero-order chi connectivity index (χ0) is 11.5. The highest BCUT2D eigenvalue weighted by atomic mass is 35.5. The summed E-state index contributed by atoms with van der Waals surface area (Å²) in [6, 6.07) is 4.44. The van der Waals surface area contributed by atoms with Crippen LogP contribution in [0, 0.1) is 5.82 Å². The second-order valence-corrected chi connectivity index (χ2v) is 4.62. The van der Waals surface area contributed by atoms with Crippen molar-refractivity contribution in [2.45, 2.75) is 32.0 Å². The molecule has 1 heterocycles. The minimum Gasteiger partial charge on any atom is -0.382 e. The maximum absolute atomic E-state index is 13.0. The Morgan fingerprint density at radius 2 is 2.25 bits per heavy atom. The summed E-state index contributed by atoms with van der Waals surface area (Å²) in [6.45, 7) is 2.77. The van der Waals surface area contributed by atoms with Gasteiger partial charge in [-0.2, -0.15) is 0 Å². The van der Waals surface area contributed by atoms with Crippen LogP contribution in [0.4, 0.5) is 10.1 Å². The van der Waals surface area contributed by atoms with Gasteiger partial charge in [0.2, 0.25) is 0 Å². The third kappa shape index (κ3) is 3.09. The van der Waals surface area contributed by atoms with Crippen molar-refractivity contribution in [2.24, 2.45) is 0 Å². The summed E-state index contributed by atoms with van der Waals surface area (Å²) >= 11 is 5.76. The number of hydrogen-bond acceptors (Lipinski definition) is 2. The SMILES string of the molecule is CC1CCC(CNc2cc(F)cc(Cl)c2)O1. The summed E-state index contributed by atoms with van der Waals surface area (Å²) in [5.41, 5.74) is 0.702. The van der Waals surface area contributed by atoms with E-state index in [0.29, 0.717) is 23.4 Å². The molecule has 88 valence electrons. The van der Waals surface area contributed by atoms with E-state index in [0.717, 1.165) is 12.8 Å². The predicted molar refractivity (Wildman–Crippen MR) is 63.5 cm³/mol. The maximum Gasteiger partial charge on any atom is 0.126 e. The number of ether oxygens (including phenoxy) is 1. The zero-order valence-corrected chi connectivity index (χ0v) is 9.93. The van der Waals surface area contributed by atoms with Crippen LogP contribution in [0.5, 0.6) is 0 Å². The maximum atomic E-state index is 13.0. The first-order valence-electron chi connectivity index (χ1n) is 5.49. The number of rotatable bonds is 3. The highest BCUT2D eigenvalue weighted by Gasteiger charge is 2.21. The van der Waals surface area contributed by atoms with Crippen molar-refractivity contribution in [3.63, 3.8) is 0 Å². The lowest BCUT2D eigenvalue weighted by Gasteiger charge is -2.13. The molecule has 2 rings (SSSR count). The Hall–Kier alpha value is -0.800. The number of hydrogen-bond donors (Lipinski definition) is 1. The van der Waals surface area contributed by atoms with Gasteiger partial charge < -0.3 is 10.1 Å². The molecule has 0 aromatic heterocycles. The Labute approximate surface area is 99.7 Å². The van der Waals surface area contributed by atoms with Crippen LogP contribution in [0.3, 0.4) is 0 Å². The highest BCUT2D eigenvalue weighted by molar-refractivity contribution is 6.30. The topological polar surface area (TPSA) is 21.3 Å². The molecule has 4 heteroatoms. The van der Waals surface area contributed by atoms with E-state index in [-0.39, 0.29) is 11.9 Å². The molecule has 2 atom stereocenters. The van der Waals surface area contributed by atoms with Crippen molar-refractivity contribution in [2.75, 3.05) is 11.9 Å². The van der Waals surface area contributed by atoms with Crippen LogP contribution in [-0.2, 0) is 4.74 Å². The van der Waals surface area contributed by atoms with Crippen LogP contribution in [-0.4, -0.2) is 18.8 Å². The van der Waals surface area contributed by atoms with Crippen LogP contribution in [0.2, 0.25) is 5.02 Å². The van der Waals surface area contributed by atoms with Crippen LogP contribution in [0.25, 0.3) is 0 Å². The molecule has 1 saturated heterocycles. The van der Waals surface area contributed by atoms with Crippen LogP contribution in [0.15, 0.2) is 18.2 Å². The molecule has 1 aliphatic rings. The van der Waals surface area contributed by atoms with Gasteiger partial charge in [0, 0.05) is 17.3 Å². The van der Waals surface area contributed by atoms with Gasteiger partial charge in [0.15, 0.2) is 0 Å². The Kier molecular flexibility index (Phi) is 3.66. The first-order valence-corrected chi connectivity index (χ1v) is 5.87. The molecule has 0 aliphatic carbocycles. The van der Waals surface area contributed by atoms with Crippen molar-refractivity contribution in [1.29, 1.82) is 0 Å². The molecule has 1 aromatic carbocycles. The lowest BCUT2D eigenvalue weighted by atomic mass is 10.2. The average Bonchev–Trinajstić information content (AvgIpc) is 2.60. The van der Waals surface area contributed by atoms with Gasteiger partial charge in [-0.1, -0.05) is 11.6 Å². The van der Waals surface area contributed by atoms with E-state index in [9.17, 15) is 4.39 Å². The average molecular weight is 244 g/mol. The van der Waals surface area contributed by atoms with Gasteiger partial charge in [0.05, 0.1) is 12.2 Å². The monoisotopic (exact) mass is 243 g/mol. The standard InChI is InChI=1S/C12H15ClFNO/c1-8-2-3-12(16-8)7-15-11-5-9(13)4-10(14)6-11/h4-6,8,12,15H,2-3,7H2,1H3. The third-order valence-corrected chi connectivity index (χ3v) is 2.93. The van der Waals surface area contributed by atoms with Crippen LogP contribution < -0.4 is 5.32 Å². The first-order chi connectivity index (χ1) is 7.63. The number of halogens is 2. The van der Waals surface area contributed by atoms with Gasteiger partial charge in [0.25, 0.3) is 0 Å². The molecule has 0 bridgehead atoms. The molecule has 1 fully saturated rings. The van der Waals surface area contributed by atoms with Crippen molar-refractivity contribution >= 4 is 17.3 Å². The first kappa shape index (κ1) is 11.7. The van der Waals surface area contributed by atoms with E-state index in [1.165, 1.54) is 12.1 Å². The Morgan fingerprint density at radius 1 is 1.44 bits per heavy atom. The smallest absolute Gasteiger partial charge is 0.126 e. The molecule has 1 N–H and O–H groups in total. The summed E-state index contributed by atoms with van der Waals surface area (Å²) in [7, 11) is 0. The Morgan fingerprint density at radius 3 is 2.88 bits per heavy atom. The molecule has 16 heavy (non-hydrogen) atoms. The highest BCUT2D eigenvalue weighted by Crippen LogP contribution is 2.21. The summed E-state index contributed by atoms with van der Waals surface area (Å²) in [5.74, 6) is -0.323. The van der Waals surface area contributed by atoms with E-state index >= 15 is 0 Å². The molecular formula is C12H15ClFNO. The molecule has 0 amide bonds. The Balaban J connectivity index is 1.89. The Bertz CT molecular complexity index is 352. The second-order valence-electron chi connectivity index (χ2n) is 4.19. The van der Waals surface area contributed by atoms with E-state index in [1.807, 2.05) is 0 Å². The minimum absolute atomic E-state index is 0.219. The predicted octanol–water partition coefficient (Wildman–Crippen LogP) is 3.46. The van der Waals surface area contributed by atoms with Gasteiger partial charge in [-0.3, -0.25) is 0 Å². The van der Waals surface area contributed by atoms with Gasteiger partial charge >= 0.3 is 0 Å². The molecule has 1 aromatic rings. The van der Waals surface area contributed by atoms with E-state index < -0.39 is 0 Å². The van der Waals surface area contributed by atoms with Crippen molar-refractivity contribution in [3.05, 3.63) is 29.0 Å². The minimum atomic E-state index is -0.323. The molecule has 0 spiro atoms. The zero-order valence-electron chi connectivity index (χ0n) is 9.17. The molecule has 1 aliphatic heterocycles. The normalized spacial score (nSPS) is 24.7. The lowest BCUT2D eigenvalue weighted by molar-refractivity contribution is 0.0637. The fourth-order valence-electron chi connectivity index (χ4n) is 1.92. The largest absolute Gasteiger partial charge is 0.382 e. The summed E-state index contributed by atoms with van der Waals surface area (Å²) < 4.78 is 18.7. The number of nitrogens with one attached hydrogen (secondary N) is 1. The molecular weight excluding hydrogens is 229 g/mol.